The van der Waals surface area contributed by atoms with E-state index in [2.05, 4.69) is 41.8 Å². The first kappa shape index (κ1) is 10.6. The van der Waals surface area contributed by atoms with E-state index in [-0.39, 0.29) is 0 Å². The minimum atomic E-state index is 0.565. The molecule has 0 aliphatic carbocycles. The van der Waals surface area contributed by atoms with Crippen molar-refractivity contribution in [3.05, 3.63) is 39.5 Å². The molecule has 2 N–H and O–H groups in total. The maximum atomic E-state index is 5.52. The summed E-state index contributed by atoms with van der Waals surface area (Å²) in [6.45, 7) is 0. The van der Waals surface area contributed by atoms with Gasteiger partial charge in [0.05, 0.1) is 18.1 Å². The van der Waals surface area contributed by atoms with Crippen molar-refractivity contribution >= 4 is 37.5 Å². The first-order valence-corrected chi connectivity index (χ1v) is 5.78. The molecular formula is C10H7Br2N3. The summed E-state index contributed by atoms with van der Waals surface area (Å²) in [7, 11) is 0. The van der Waals surface area contributed by atoms with E-state index < -0.39 is 0 Å². The highest BCUT2D eigenvalue weighted by molar-refractivity contribution is 9.13. The Morgan fingerprint density at radius 3 is 2.27 bits per heavy atom. The second kappa shape index (κ2) is 4.28. The third kappa shape index (κ3) is 2.35. The van der Waals surface area contributed by atoms with Crippen molar-refractivity contribution < 1.29 is 0 Å². The van der Waals surface area contributed by atoms with Crippen molar-refractivity contribution in [2.45, 2.75) is 0 Å². The van der Waals surface area contributed by atoms with E-state index in [0.29, 0.717) is 11.5 Å². The van der Waals surface area contributed by atoms with Gasteiger partial charge in [0.2, 0.25) is 0 Å². The second-order valence-corrected chi connectivity index (χ2v) is 4.68. The molecule has 0 bridgehead atoms. The lowest BCUT2D eigenvalue weighted by molar-refractivity contribution is 1.18. The summed E-state index contributed by atoms with van der Waals surface area (Å²) in [6, 6.07) is 5.84. The number of hydrogen-bond acceptors (Lipinski definition) is 3. The van der Waals surface area contributed by atoms with Crippen LogP contribution in [0.4, 0.5) is 5.69 Å². The van der Waals surface area contributed by atoms with E-state index in [1.54, 1.807) is 12.4 Å². The van der Waals surface area contributed by atoms with E-state index in [1.165, 1.54) is 0 Å². The Labute approximate surface area is 104 Å². The van der Waals surface area contributed by atoms with Crippen LogP contribution in [0.3, 0.4) is 0 Å². The topological polar surface area (TPSA) is 51.8 Å². The minimum Gasteiger partial charge on any atom is -0.396 e. The molecule has 0 amide bonds. The molecule has 5 heteroatoms. The lowest BCUT2D eigenvalue weighted by Gasteiger charge is -2.02. The molecular weight excluding hydrogens is 322 g/mol. The standard InChI is InChI=1S/C10H7Br2N3/c11-8-2-1-6(3-9(8)12)10-14-4-7(13)5-15-10/h1-5H,13H2. The SMILES string of the molecule is Nc1cnc(-c2ccc(Br)c(Br)c2)nc1. The van der Waals surface area contributed by atoms with Gasteiger partial charge in [-0.15, -0.1) is 0 Å². The number of benzene rings is 1. The van der Waals surface area contributed by atoms with Gasteiger partial charge in [-0.3, -0.25) is 0 Å². The Hall–Kier alpha value is -0.940. The molecule has 0 fully saturated rings. The van der Waals surface area contributed by atoms with E-state index in [4.69, 9.17) is 5.73 Å². The summed E-state index contributed by atoms with van der Waals surface area (Å²) >= 11 is 6.84. The van der Waals surface area contributed by atoms with Crippen molar-refractivity contribution in [1.29, 1.82) is 0 Å². The van der Waals surface area contributed by atoms with Crippen molar-refractivity contribution in [2.24, 2.45) is 0 Å². The van der Waals surface area contributed by atoms with Crippen LogP contribution in [-0.4, -0.2) is 9.97 Å². The molecule has 1 heterocycles. The Kier molecular flexibility index (Phi) is 3.02. The first-order valence-electron chi connectivity index (χ1n) is 4.20. The van der Waals surface area contributed by atoms with Crippen LogP contribution >= 0.6 is 31.9 Å². The molecule has 0 spiro atoms. The molecule has 0 unspecified atom stereocenters. The number of nitrogens with two attached hydrogens (primary N) is 1. The highest BCUT2D eigenvalue weighted by Gasteiger charge is 2.03. The van der Waals surface area contributed by atoms with Gasteiger partial charge in [0.25, 0.3) is 0 Å². The maximum absolute atomic E-state index is 5.52. The fraction of sp³-hybridized carbons (Fsp3) is 0. The molecule has 0 atom stereocenters. The minimum absolute atomic E-state index is 0.565. The first-order chi connectivity index (χ1) is 7.16. The van der Waals surface area contributed by atoms with Crippen molar-refractivity contribution in [2.75, 3.05) is 5.73 Å². The van der Waals surface area contributed by atoms with E-state index in [0.717, 1.165) is 14.5 Å². The predicted molar refractivity (Wildman–Crippen MR) is 67.3 cm³/mol. The summed E-state index contributed by atoms with van der Waals surface area (Å²) in [4.78, 5) is 8.29. The summed E-state index contributed by atoms with van der Waals surface area (Å²) in [6.07, 6.45) is 3.19. The lowest BCUT2D eigenvalue weighted by atomic mass is 10.2. The fourth-order valence-corrected chi connectivity index (χ4v) is 1.75. The van der Waals surface area contributed by atoms with Crippen LogP contribution < -0.4 is 5.73 Å². The van der Waals surface area contributed by atoms with Gasteiger partial charge >= 0.3 is 0 Å². The van der Waals surface area contributed by atoms with Gasteiger partial charge in [-0.05, 0) is 50.1 Å². The predicted octanol–water partition coefficient (Wildman–Crippen LogP) is 3.25. The molecule has 3 nitrogen and oxygen atoms in total. The number of anilines is 1. The quantitative estimate of drug-likeness (QED) is 0.874. The maximum Gasteiger partial charge on any atom is 0.159 e. The average Bonchev–Trinajstić information content (AvgIpc) is 2.23. The smallest absolute Gasteiger partial charge is 0.159 e. The second-order valence-electron chi connectivity index (χ2n) is 2.97. The highest BCUT2D eigenvalue weighted by Crippen LogP contribution is 2.27. The molecule has 2 aromatic rings. The normalized spacial score (nSPS) is 10.3. The third-order valence-electron chi connectivity index (χ3n) is 1.85. The van der Waals surface area contributed by atoms with Gasteiger partial charge in [-0.1, -0.05) is 0 Å². The van der Waals surface area contributed by atoms with Crippen LogP contribution in [0.2, 0.25) is 0 Å². The van der Waals surface area contributed by atoms with Gasteiger partial charge in [-0.2, -0.15) is 0 Å². The van der Waals surface area contributed by atoms with Crippen LogP contribution in [0, 0.1) is 0 Å². The molecule has 76 valence electrons. The molecule has 2 rings (SSSR count). The number of aromatic nitrogens is 2. The average molecular weight is 329 g/mol. The van der Waals surface area contributed by atoms with Crippen LogP contribution in [-0.2, 0) is 0 Å². The van der Waals surface area contributed by atoms with Crippen molar-refractivity contribution in [3.8, 4) is 11.4 Å². The van der Waals surface area contributed by atoms with Crippen molar-refractivity contribution in [1.82, 2.24) is 9.97 Å². The third-order valence-corrected chi connectivity index (χ3v) is 3.73. The zero-order valence-electron chi connectivity index (χ0n) is 7.61. The summed E-state index contributed by atoms with van der Waals surface area (Å²) in [5, 5.41) is 0. The summed E-state index contributed by atoms with van der Waals surface area (Å²) in [5.41, 5.74) is 7.03. The molecule has 1 aromatic carbocycles. The molecule has 0 saturated carbocycles. The van der Waals surface area contributed by atoms with Crippen LogP contribution in [0.15, 0.2) is 39.5 Å². The number of hydrogen-bond donors (Lipinski definition) is 1. The van der Waals surface area contributed by atoms with Gasteiger partial charge in [0, 0.05) is 14.5 Å². The summed E-state index contributed by atoms with van der Waals surface area (Å²) in [5.74, 6) is 0.664. The number of rotatable bonds is 1. The molecule has 15 heavy (non-hydrogen) atoms. The zero-order valence-corrected chi connectivity index (χ0v) is 10.8. The molecule has 0 aliphatic rings. The Morgan fingerprint density at radius 1 is 1.00 bits per heavy atom. The zero-order chi connectivity index (χ0) is 10.8. The Balaban J connectivity index is 2.45. The number of nitrogen functional groups attached to an aromatic ring is 1. The fourth-order valence-electron chi connectivity index (χ4n) is 1.12. The van der Waals surface area contributed by atoms with E-state index in [1.807, 2.05) is 18.2 Å². The molecule has 1 aromatic heterocycles. The number of halogens is 2. The Bertz CT molecular complexity index is 483. The van der Waals surface area contributed by atoms with Gasteiger partial charge in [-0.25, -0.2) is 9.97 Å². The monoisotopic (exact) mass is 327 g/mol. The molecule has 0 aliphatic heterocycles. The van der Waals surface area contributed by atoms with E-state index in [9.17, 15) is 0 Å². The van der Waals surface area contributed by atoms with Gasteiger partial charge in [0.1, 0.15) is 0 Å². The van der Waals surface area contributed by atoms with Crippen molar-refractivity contribution in [3.63, 3.8) is 0 Å². The highest BCUT2D eigenvalue weighted by atomic mass is 79.9. The van der Waals surface area contributed by atoms with Gasteiger partial charge < -0.3 is 5.73 Å². The molecule has 0 saturated heterocycles. The Morgan fingerprint density at radius 2 is 1.67 bits per heavy atom. The summed E-state index contributed by atoms with van der Waals surface area (Å²) < 4.78 is 1.97. The van der Waals surface area contributed by atoms with Gasteiger partial charge in [0.15, 0.2) is 5.82 Å². The lowest BCUT2D eigenvalue weighted by Crippen LogP contribution is -1.92. The van der Waals surface area contributed by atoms with Crippen LogP contribution in [0.1, 0.15) is 0 Å². The molecule has 0 radical (unpaired) electrons. The van der Waals surface area contributed by atoms with Crippen LogP contribution in [0.25, 0.3) is 11.4 Å². The largest absolute Gasteiger partial charge is 0.396 e. The van der Waals surface area contributed by atoms with Crippen LogP contribution in [0.5, 0.6) is 0 Å². The number of nitrogens with zero attached hydrogens (tertiary/aromatic N) is 2. The van der Waals surface area contributed by atoms with E-state index >= 15 is 0 Å².